The van der Waals surface area contributed by atoms with Crippen LogP contribution < -0.4 is 15.8 Å². The summed E-state index contributed by atoms with van der Waals surface area (Å²) in [7, 11) is 0. The fraction of sp³-hybridized carbons (Fsp3) is 0.556. The highest BCUT2D eigenvalue weighted by molar-refractivity contribution is 5.80. The predicted octanol–water partition coefficient (Wildman–Crippen LogP) is 1.32. The highest BCUT2D eigenvalue weighted by Crippen LogP contribution is 2.24. The van der Waals surface area contributed by atoms with Crippen molar-refractivity contribution < 1.29 is 0 Å². The van der Waals surface area contributed by atoms with Gasteiger partial charge in [-0.3, -0.25) is 9.69 Å². The Kier molecular flexibility index (Phi) is 4.49. The third-order valence-electron chi connectivity index (χ3n) is 5.06. The second kappa shape index (κ2) is 6.91. The van der Waals surface area contributed by atoms with E-state index in [2.05, 4.69) is 26.2 Å². The molecular formula is C18H25N5O. The van der Waals surface area contributed by atoms with Crippen LogP contribution in [0.2, 0.25) is 0 Å². The molecule has 2 aromatic rings. The van der Waals surface area contributed by atoms with Crippen molar-refractivity contribution in [1.82, 2.24) is 20.2 Å². The van der Waals surface area contributed by atoms with E-state index in [0.717, 1.165) is 62.7 Å². The van der Waals surface area contributed by atoms with Gasteiger partial charge >= 0.3 is 0 Å². The van der Waals surface area contributed by atoms with Gasteiger partial charge in [-0.25, -0.2) is 4.98 Å². The van der Waals surface area contributed by atoms with Crippen LogP contribution in [0.15, 0.2) is 23.0 Å². The molecule has 6 heteroatoms. The Hall–Kier alpha value is -1.92. The molecule has 0 amide bonds. The van der Waals surface area contributed by atoms with Crippen LogP contribution >= 0.6 is 0 Å². The van der Waals surface area contributed by atoms with Crippen molar-refractivity contribution in [3.63, 3.8) is 0 Å². The number of piperidine rings is 1. The van der Waals surface area contributed by atoms with E-state index in [1.165, 1.54) is 24.8 Å². The molecule has 2 aliphatic rings. The number of piperazine rings is 1. The number of hydrogen-bond donors (Lipinski definition) is 2. The molecule has 2 aliphatic heterocycles. The fourth-order valence-corrected chi connectivity index (χ4v) is 3.72. The monoisotopic (exact) mass is 327 g/mol. The van der Waals surface area contributed by atoms with Gasteiger partial charge in [-0.1, -0.05) is 0 Å². The zero-order chi connectivity index (χ0) is 16.4. The molecule has 0 bridgehead atoms. The molecule has 0 aromatic carbocycles. The van der Waals surface area contributed by atoms with Gasteiger partial charge in [0.05, 0.1) is 0 Å². The van der Waals surface area contributed by atoms with Crippen molar-refractivity contribution in [1.29, 1.82) is 0 Å². The summed E-state index contributed by atoms with van der Waals surface area (Å²) < 4.78 is 0. The molecule has 2 aromatic heterocycles. The SMILES string of the molecule is O=c1ccc2c(CN3CCNCC3)cc(N3CCCCC3)nc2[nH]1. The second-order valence-corrected chi connectivity index (χ2v) is 6.80. The Balaban J connectivity index is 1.72. The average Bonchev–Trinajstić information content (AvgIpc) is 2.63. The third kappa shape index (κ3) is 3.30. The quantitative estimate of drug-likeness (QED) is 0.890. The minimum Gasteiger partial charge on any atom is -0.357 e. The summed E-state index contributed by atoms with van der Waals surface area (Å²) in [4.78, 5) is 24.2. The molecule has 4 heterocycles. The van der Waals surface area contributed by atoms with E-state index in [-0.39, 0.29) is 5.56 Å². The summed E-state index contributed by atoms with van der Waals surface area (Å²) in [6, 6.07) is 5.75. The maximum atomic E-state index is 11.7. The fourth-order valence-electron chi connectivity index (χ4n) is 3.72. The lowest BCUT2D eigenvalue weighted by atomic mass is 10.1. The molecule has 4 rings (SSSR count). The molecule has 0 radical (unpaired) electrons. The predicted molar refractivity (Wildman–Crippen MR) is 96.6 cm³/mol. The topological polar surface area (TPSA) is 64.3 Å². The number of H-pyrrole nitrogens is 1. The molecule has 0 aliphatic carbocycles. The summed E-state index contributed by atoms with van der Waals surface area (Å²) in [5.41, 5.74) is 1.90. The molecule has 6 nitrogen and oxygen atoms in total. The van der Waals surface area contributed by atoms with E-state index < -0.39 is 0 Å². The summed E-state index contributed by atoms with van der Waals surface area (Å²) in [6.07, 6.45) is 3.74. The number of hydrogen-bond acceptors (Lipinski definition) is 5. The first-order valence-corrected chi connectivity index (χ1v) is 9.00. The van der Waals surface area contributed by atoms with Gasteiger partial charge in [0.15, 0.2) is 0 Å². The number of pyridine rings is 2. The highest BCUT2D eigenvalue weighted by Gasteiger charge is 2.17. The minimum atomic E-state index is -0.0843. The van der Waals surface area contributed by atoms with Crippen molar-refractivity contribution in [3.8, 4) is 0 Å². The van der Waals surface area contributed by atoms with E-state index in [1.807, 2.05) is 6.07 Å². The molecule has 0 saturated carbocycles. The Morgan fingerprint density at radius 2 is 1.83 bits per heavy atom. The maximum Gasteiger partial charge on any atom is 0.249 e. The Morgan fingerprint density at radius 1 is 1.04 bits per heavy atom. The first-order valence-electron chi connectivity index (χ1n) is 9.00. The van der Waals surface area contributed by atoms with Crippen LogP contribution in [0.1, 0.15) is 24.8 Å². The lowest BCUT2D eigenvalue weighted by molar-refractivity contribution is 0.234. The molecule has 24 heavy (non-hydrogen) atoms. The number of nitrogens with one attached hydrogen (secondary N) is 2. The smallest absolute Gasteiger partial charge is 0.249 e. The number of aromatic amines is 1. The number of nitrogens with zero attached hydrogens (tertiary/aromatic N) is 3. The van der Waals surface area contributed by atoms with Crippen LogP contribution in [0.5, 0.6) is 0 Å². The van der Waals surface area contributed by atoms with Crippen molar-refractivity contribution in [2.75, 3.05) is 44.2 Å². The van der Waals surface area contributed by atoms with Gasteiger partial charge in [0, 0.05) is 57.3 Å². The van der Waals surface area contributed by atoms with Crippen molar-refractivity contribution >= 4 is 16.9 Å². The van der Waals surface area contributed by atoms with E-state index >= 15 is 0 Å². The van der Waals surface area contributed by atoms with Gasteiger partial charge in [0.1, 0.15) is 11.5 Å². The van der Waals surface area contributed by atoms with Crippen LogP contribution in [-0.4, -0.2) is 54.1 Å². The highest BCUT2D eigenvalue weighted by atomic mass is 16.1. The zero-order valence-corrected chi connectivity index (χ0v) is 14.1. The van der Waals surface area contributed by atoms with Gasteiger partial charge in [-0.15, -0.1) is 0 Å². The molecule has 0 unspecified atom stereocenters. The summed E-state index contributed by atoms with van der Waals surface area (Å²) in [5.74, 6) is 1.01. The van der Waals surface area contributed by atoms with E-state index in [1.54, 1.807) is 6.07 Å². The minimum absolute atomic E-state index is 0.0843. The second-order valence-electron chi connectivity index (χ2n) is 6.80. The van der Waals surface area contributed by atoms with Gasteiger partial charge in [-0.2, -0.15) is 0 Å². The number of anilines is 1. The van der Waals surface area contributed by atoms with Crippen LogP contribution in [0.3, 0.4) is 0 Å². The summed E-state index contributed by atoms with van der Waals surface area (Å²) in [6.45, 7) is 7.23. The van der Waals surface area contributed by atoms with Gasteiger partial charge in [0.25, 0.3) is 0 Å². The molecule has 0 spiro atoms. The van der Waals surface area contributed by atoms with Crippen LogP contribution in [0, 0.1) is 0 Å². The first kappa shape index (κ1) is 15.6. The maximum absolute atomic E-state index is 11.7. The van der Waals surface area contributed by atoms with Crippen molar-refractivity contribution in [2.24, 2.45) is 0 Å². The number of fused-ring (bicyclic) bond motifs is 1. The molecule has 2 fully saturated rings. The van der Waals surface area contributed by atoms with Gasteiger partial charge < -0.3 is 15.2 Å². The first-order chi connectivity index (χ1) is 11.8. The van der Waals surface area contributed by atoms with Crippen molar-refractivity contribution in [3.05, 3.63) is 34.1 Å². The van der Waals surface area contributed by atoms with Crippen molar-refractivity contribution in [2.45, 2.75) is 25.8 Å². The Labute approximate surface area is 141 Å². The Bertz CT molecular complexity index is 760. The van der Waals surface area contributed by atoms with Crippen LogP contribution in [0.4, 0.5) is 5.82 Å². The largest absolute Gasteiger partial charge is 0.357 e. The third-order valence-corrected chi connectivity index (χ3v) is 5.06. The van der Waals surface area contributed by atoms with E-state index in [0.29, 0.717) is 0 Å². The number of rotatable bonds is 3. The zero-order valence-electron chi connectivity index (χ0n) is 14.1. The van der Waals surface area contributed by atoms with Crippen LogP contribution in [0.25, 0.3) is 11.0 Å². The lowest BCUT2D eigenvalue weighted by Crippen LogP contribution is -2.43. The molecule has 2 saturated heterocycles. The average molecular weight is 327 g/mol. The molecule has 128 valence electrons. The van der Waals surface area contributed by atoms with Gasteiger partial charge in [0.2, 0.25) is 5.56 Å². The van der Waals surface area contributed by atoms with E-state index in [4.69, 9.17) is 4.98 Å². The Morgan fingerprint density at radius 3 is 2.62 bits per heavy atom. The summed E-state index contributed by atoms with van der Waals surface area (Å²) in [5, 5.41) is 4.46. The van der Waals surface area contributed by atoms with Gasteiger partial charge in [-0.05, 0) is 37.0 Å². The number of aromatic nitrogens is 2. The normalized spacial score (nSPS) is 19.8. The standard InChI is InChI=1S/C18H25N5O/c24-17-5-4-15-14(13-22-10-6-19-7-11-22)12-16(20-18(15)21-17)23-8-2-1-3-9-23/h4-5,12,19H,1-3,6-11,13H2,(H,20,21,24). The molecular weight excluding hydrogens is 302 g/mol. The molecule has 2 N–H and O–H groups in total. The van der Waals surface area contributed by atoms with E-state index in [9.17, 15) is 4.79 Å². The molecule has 0 atom stereocenters. The lowest BCUT2D eigenvalue weighted by Gasteiger charge is -2.30. The van der Waals surface area contributed by atoms with Crippen LogP contribution in [-0.2, 0) is 6.54 Å². The summed E-state index contributed by atoms with van der Waals surface area (Å²) >= 11 is 0.